The van der Waals surface area contributed by atoms with E-state index in [-0.39, 0.29) is 24.4 Å². The Morgan fingerprint density at radius 3 is 2.71 bits per heavy atom. The van der Waals surface area contributed by atoms with E-state index in [4.69, 9.17) is 9.47 Å². The average molecular weight is 202 g/mol. The Hall–Kier alpha value is -0.120. The van der Waals surface area contributed by atoms with Crippen LogP contribution in [-0.2, 0) is 9.47 Å². The summed E-state index contributed by atoms with van der Waals surface area (Å²) in [6, 6.07) is 0. The second kappa shape index (κ2) is 5.10. The fourth-order valence-corrected chi connectivity index (χ4v) is 1.36. The Kier molecular flexibility index (Phi) is 4.35. The first-order chi connectivity index (χ1) is 6.56. The van der Waals surface area contributed by atoms with Crippen molar-refractivity contribution >= 4 is 0 Å². The highest BCUT2D eigenvalue weighted by molar-refractivity contribution is 4.75. The fourth-order valence-electron chi connectivity index (χ4n) is 1.36. The quantitative estimate of drug-likeness (QED) is 0.757. The van der Waals surface area contributed by atoms with Gasteiger partial charge in [0.2, 0.25) is 0 Å². The van der Waals surface area contributed by atoms with Crippen LogP contribution >= 0.6 is 0 Å². The number of hydrogen-bond acceptors (Lipinski definition) is 3. The van der Waals surface area contributed by atoms with Crippen molar-refractivity contribution in [2.24, 2.45) is 5.41 Å². The molecule has 1 fully saturated rings. The van der Waals surface area contributed by atoms with Crippen molar-refractivity contribution in [3.63, 3.8) is 0 Å². The number of aliphatic hydroxyl groups is 1. The summed E-state index contributed by atoms with van der Waals surface area (Å²) in [6.07, 6.45) is 3.25. The van der Waals surface area contributed by atoms with E-state index >= 15 is 0 Å². The highest BCUT2D eigenvalue weighted by atomic mass is 16.7. The molecule has 0 spiro atoms. The van der Waals surface area contributed by atoms with E-state index in [1.807, 2.05) is 20.8 Å². The maximum Gasteiger partial charge on any atom is 0.157 e. The fraction of sp³-hybridized carbons (Fsp3) is 1.00. The molecule has 0 aromatic rings. The number of aliphatic hydroxyl groups excluding tert-OH is 1. The van der Waals surface area contributed by atoms with Gasteiger partial charge in [0.15, 0.2) is 6.29 Å². The first kappa shape index (κ1) is 12.0. The first-order valence-corrected chi connectivity index (χ1v) is 5.44. The van der Waals surface area contributed by atoms with Crippen molar-refractivity contribution in [1.82, 2.24) is 0 Å². The minimum Gasteiger partial charge on any atom is -0.396 e. The van der Waals surface area contributed by atoms with Gasteiger partial charge in [-0.25, -0.2) is 0 Å². The molecule has 0 aromatic carbocycles. The molecule has 1 heterocycles. The molecular weight excluding hydrogens is 180 g/mol. The number of rotatable bonds is 4. The second-order valence-corrected chi connectivity index (χ2v) is 4.72. The highest BCUT2D eigenvalue weighted by Gasteiger charge is 2.29. The summed E-state index contributed by atoms with van der Waals surface area (Å²) in [5.74, 6) is 0. The predicted molar refractivity (Wildman–Crippen MR) is 55.0 cm³/mol. The van der Waals surface area contributed by atoms with Gasteiger partial charge in [-0.3, -0.25) is 0 Å². The smallest absolute Gasteiger partial charge is 0.157 e. The molecule has 0 unspecified atom stereocenters. The SMILES string of the molecule is C[C@H](O[C@H]1CCCCO1)C(C)(C)CO. The van der Waals surface area contributed by atoms with Gasteiger partial charge in [0.05, 0.1) is 12.7 Å². The summed E-state index contributed by atoms with van der Waals surface area (Å²) < 4.78 is 11.2. The summed E-state index contributed by atoms with van der Waals surface area (Å²) in [4.78, 5) is 0. The van der Waals surface area contributed by atoms with Gasteiger partial charge in [-0.15, -0.1) is 0 Å². The lowest BCUT2D eigenvalue weighted by molar-refractivity contribution is -0.207. The molecule has 1 aliphatic heterocycles. The zero-order valence-corrected chi connectivity index (χ0v) is 9.45. The molecule has 0 saturated carbocycles. The summed E-state index contributed by atoms with van der Waals surface area (Å²) in [5.41, 5.74) is -0.194. The molecule has 1 N–H and O–H groups in total. The Labute approximate surface area is 86.4 Å². The van der Waals surface area contributed by atoms with Crippen LogP contribution in [0.4, 0.5) is 0 Å². The van der Waals surface area contributed by atoms with E-state index in [9.17, 15) is 5.11 Å². The minimum absolute atomic E-state index is 0.0237. The van der Waals surface area contributed by atoms with Crippen molar-refractivity contribution in [1.29, 1.82) is 0 Å². The third kappa shape index (κ3) is 3.23. The standard InChI is InChI=1S/C11H22O3/c1-9(11(2,3)8-12)14-10-6-4-5-7-13-10/h9-10,12H,4-8H2,1-3H3/t9-,10-/m0/s1. The van der Waals surface area contributed by atoms with Crippen molar-refractivity contribution in [2.75, 3.05) is 13.2 Å². The minimum atomic E-state index is -0.194. The van der Waals surface area contributed by atoms with Gasteiger partial charge < -0.3 is 14.6 Å². The van der Waals surface area contributed by atoms with E-state index in [1.165, 1.54) is 6.42 Å². The van der Waals surface area contributed by atoms with Gasteiger partial charge >= 0.3 is 0 Å². The van der Waals surface area contributed by atoms with Gasteiger partial charge in [0.1, 0.15) is 0 Å². The molecule has 1 saturated heterocycles. The molecule has 3 heteroatoms. The maximum absolute atomic E-state index is 9.17. The maximum atomic E-state index is 9.17. The number of hydrogen-bond donors (Lipinski definition) is 1. The lowest BCUT2D eigenvalue weighted by atomic mass is 9.88. The molecule has 3 nitrogen and oxygen atoms in total. The Bertz CT molecular complexity index is 162. The normalized spacial score (nSPS) is 26.1. The monoisotopic (exact) mass is 202 g/mol. The molecule has 0 aromatic heterocycles. The molecule has 84 valence electrons. The third-order valence-electron chi connectivity index (χ3n) is 3.00. The van der Waals surface area contributed by atoms with Gasteiger partial charge in [0.25, 0.3) is 0 Å². The zero-order valence-electron chi connectivity index (χ0n) is 9.45. The van der Waals surface area contributed by atoms with Gasteiger partial charge in [-0.1, -0.05) is 13.8 Å². The molecule has 1 aliphatic rings. The van der Waals surface area contributed by atoms with E-state index < -0.39 is 0 Å². The Morgan fingerprint density at radius 2 is 2.21 bits per heavy atom. The molecule has 14 heavy (non-hydrogen) atoms. The molecule has 0 aliphatic carbocycles. The van der Waals surface area contributed by atoms with Crippen LogP contribution in [0.3, 0.4) is 0 Å². The molecule has 0 amide bonds. The van der Waals surface area contributed by atoms with Gasteiger partial charge in [-0.05, 0) is 26.2 Å². The van der Waals surface area contributed by atoms with Crippen LogP contribution in [0, 0.1) is 5.41 Å². The number of ether oxygens (including phenoxy) is 2. The Balaban J connectivity index is 2.34. The summed E-state index contributed by atoms with van der Waals surface area (Å²) in [7, 11) is 0. The van der Waals surface area contributed by atoms with Crippen molar-refractivity contribution in [3.8, 4) is 0 Å². The van der Waals surface area contributed by atoms with E-state index in [0.717, 1.165) is 19.4 Å². The topological polar surface area (TPSA) is 38.7 Å². The average Bonchev–Trinajstić information content (AvgIpc) is 2.19. The van der Waals surface area contributed by atoms with Crippen LogP contribution in [0.2, 0.25) is 0 Å². The molecule has 1 rings (SSSR count). The van der Waals surface area contributed by atoms with Crippen LogP contribution in [0.25, 0.3) is 0 Å². The van der Waals surface area contributed by atoms with Crippen LogP contribution in [-0.4, -0.2) is 30.7 Å². The molecule has 2 atom stereocenters. The van der Waals surface area contributed by atoms with Gasteiger partial charge in [-0.2, -0.15) is 0 Å². The molecule has 0 radical (unpaired) electrons. The van der Waals surface area contributed by atoms with E-state index in [0.29, 0.717) is 0 Å². The second-order valence-electron chi connectivity index (χ2n) is 4.72. The highest BCUT2D eigenvalue weighted by Crippen LogP contribution is 2.25. The zero-order chi connectivity index (χ0) is 10.6. The summed E-state index contributed by atoms with van der Waals surface area (Å²) in [6.45, 7) is 6.94. The van der Waals surface area contributed by atoms with Crippen molar-refractivity contribution < 1.29 is 14.6 Å². The predicted octanol–water partition coefficient (Wildman–Crippen LogP) is 1.94. The Morgan fingerprint density at radius 1 is 1.50 bits per heavy atom. The van der Waals surface area contributed by atoms with Crippen molar-refractivity contribution in [3.05, 3.63) is 0 Å². The summed E-state index contributed by atoms with van der Waals surface area (Å²) >= 11 is 0. The van der Waals surface area contributed by atoms with E-state index in [2.05, 4.69) is 0 Å². The van der Waals surface area contributed by atoms with Crippen LogP contribution in [0.5, 0.6) is 0 Å². The van der Waals surface area contributed by atoms with Crippen molar-refractivity contribution in [2.45, 2.75) is 52.4 Å². The lowest BCUT2D eigenvalue weighted by Gasteiger charge is -2.34. The summed E-state index contributed by atoms with van der Waals surface area (Å²) in [5, 5.41) is 9.17. The lowest BCUT2D eigenvalue weighted by Crippen LogP contribution is -2.37. The first-order valence-electron chi connectivity index (χ1n) is 5.44. The largest absolute Gasteiger partial charge is 0.396 e. The molecule has 0 bridgehead atoms. The van der Waals surface area contributed by atoms with Crippen LogP contribution < -0.4 is 0 Å². The van der Waals surface area contributed by atoms with E-state index in [1.54, 1.807) is 0 Å². The third-order valence-corrected chi connectivity index (χ3v) is 3.00. The van der Waals surface area contributed by atoms with Crippen LogP contribution in [0.15, 0.2) is 0 Å². The molecular formula is C11H22O3. The van der Waals surface area contributed by atoms with Gasteiger partial charge in [0, 0.05) is 12.0 Å². The van der Waals surface area contributed by atoms with Crippen LogP contribution in [0.1, 0.15) is 40.0 Å².